The average Bonchev–Trinajstić information content (AvgIpc) is 2.84. The molecule has 0 radical (unpaired) electrons. The lowest BCUT2D eigenvalue weighted by Crippen LogP contribution is -2.42. The maximum atomic E-state index is 12.0. The maximum absolute atomic E-state index is 12.0. The molecule has 2 unspecified atom stereocenters. The van der Waals surface area contributed by atoms with Crippen LogP contribution in [0.1, 0.15) is 29.6 Å². The van der Waals surface area contributed by atoms with Crippen molar-refractivity contribution in [1.82, 2.24) is 5.32 Å². The molecule has 2 atom stereocenters. The number of carbonyl (C=O) groups is 2. The number of halogens is 1. The molecule has 6 nitrogen and oxygen atoms in total. The van der Waals surface area contributed by atoms with Crippen LogP contribution in [0.5, 0.6) is 0 Å². The Bertz CT molecular complexity index is 550. The first-order valence-electron chi connectivity index (χ1n) is 6.64. The van der Waals surface area contributed by atoms with Gasteiger partial charge in [0.05, 0.1) is 17.7 Å². The second-order valence-corrected chi connectivity index (χ2v) is 5.38. The number of anilines is 1. The first-order chi connectivity index (χ1) is 9.99. The van der Waals surface area contributed by atoms with Crippen LogP contribution in [0.25, 0.3) is 0 Å². The molecule has 0 spiro atoms. The van der Waals surface area contributed by atoms with Crippen LogP contribution in [0.2, 0.25) is 5.02 Å². The van der Waals surface area contributed by atoms with Crippen LogP contribution in [-0.4, -0.2) is 36.4 Å². The fourth-order valence-electron chi connectivity index (χ4n) is 2.49. The molecule has 0 aliphatic heterocycles. The van der Waals surface area contributed by atoms with Gasteiger partial charge in [-0.2, -0.15) is 0 Å². The van der Waals surface area contributed by atoms with Gasteiger partial charge in [-0.25, -0.2) is 9.59 Å². The summed E-state index contributed by atoms with van der Waals surface area (Å²) in [6.45, 7) is 0. The van der Waals surface area contributed by atoms with Crippen LogP contribution in [-0.2, 0) is 4.74 Å². The minimum atomic E-state index is -1.10. The Morgan fingerprint density at radius 1 is 1.33 bits per heavy atom. The number of hydrogen-bond donors (Lipinski definition) is 3. The Morgan fingerprint density at radius 3 is 2.76 bits per heavy atom. The zero-order valence-corrected chi connectivity index (χ0v) is 12.3. The molecule has 1 aromatic rings. The molecular weight excluding hydrogens is 296 g/mol. The fourth-order valence-corrected chi connectivity index (χ4v) is 2.73. The highest BCUT2D eigenvalue weighted by molar-refractivity contribution is 6.31. The molecule has 1 fully saturated rings. The van der Waals surface area contributed by atoms with E-state index in [2.05, 4.69) is 10.6 Å². The highest BCUT2D eigenvalue weighted by Crippen LogP contribution is 2.22. The summed E-state index contributed by atoms with van der Waals surface area (Å²) < 4.78 is 5.30. The van der Waals surface area contributed by atoms with Gasteiger partial charge in [0.2, 0.25) is 0 Å². The number of carbonyl (C=O) groups excluding carboxylic acids is 1. The van der Waals surface area contributed by atoms with Gasteiger partial charge in [-0.05, 0) is 37.5 Å². The van der Waals surface area contributed by atoms with E-state index in [1.54, 1.807) is 7.11 Å². The molecule has 3 N–H and O–H groups in total. The summed E-state index contributed by atoms with van der Waals surface area (Å²) in [5, 5.41) is 14.6. The lowest BCUT2D eigenvalue weighted by Gasteiger charge is -2.20. The quantitative estimate of drug-likeness (QED) is 0.797. The summed E-state index contributed by atoms with van der Waals surface area (Å²) in [5.74, 6) is -1.10. The largest absolute Gasteiger partial charge is 0.478 e. The molecule has 0 aromatic heterocycles. The van der Waals surface area contributed by atoms with E-state index in [1.807, 2.05) is 0 Å². The van der Waals surface area contributed by atoms with Crippen molar-refractivity contribution >= 4 is 29.3 Å². The molecule has 1 aliphatic rings. The smallest absolute Gasteiger partial charge is 0.335 e. The zero-order chi connectivity index (χ0) is 15.4. The number of ether oxygens (including phenoxy) is 1. The maximum Gasteiger partial charge on any atom is 0.335 e. The van der Waals surface area contributed by atoms with Crippen molar-refractivity contribution in [3.05, 3.63) is 28.8 Å². The van der Waals surface area contributed by atoms with Crippen LogP contribution in [0.15, 0.2) is 18.2 Å². The standard InChI is InChI=1S/C14H17ClN2O4/c1-21-12-4-2-3-11(12)17-14(20)16-10-6-8(13(18)19)5-9(15)7-10/h5-7,11-12H,2-4H2,1H3,(H,18,19)(H2,16,17,20). The Hall–Kier alpha value is -1.79. The van der Waals surface area contributed by atoms with Gasteiger partial charge >= 0.3 is 12.0 Å². The van der Waals surface area contributed by atoms with Crippen LogP contribution >= 0.6 is 11.6 Å². The van der Waals surface area contributed by atoms with Crippen LogP contribution in [0.3, 0.4) is 0 Å². The third kappa shape index (κ3) is 4.09. The van der Waals surface area contributed by atoms with Crippen molar-refractivity contribution in [1.29, 1.82) is 0 Å². The van der Waals surface area contributed by atoms with Crippen molar-refractivity contribution in [2.75, 3.05) is 12.4 Å². The molecular formula is C14H17ClN2O4. The summed E-state index contributed by atoms with van der Waals surface area (Å²) in [7, 11) is 1.62. The summed E-state index contributed by atoms with van der Waals surface area (Å²) in [6.07, 6.45) is 2.80. The van der Waals surface area contributed by atoms with Gasteiger partial charge in [-0.1, -0.05) is 11.6 Å². The summed E-state index contributed by atoms with van der Waals surface area (Å²) >= 11 is 5.84. The summed E-state index contributed by atoms with van der Waals surface area (Å²) in [6, 6.07) is 3.74. The highest BCUT2D eigenvalue weighted by atomic mass is 35.5. The molecule has 1 saturated carbocycles. The molecule has 0 heterocycles. The van der Waals surface area contributed by atoms with E-state index in [0.29, 0.717) is 5.69 Å². The number of amides is 2. The van der Waals surface area contributed by atoms with Crippen molar-refractivity contribution in [2.45, 2.75) is 31.4 Å². The van der Waals surface area contributed by atoms with E-state index in [0.717, 1.165) is 19.3 Å². The number of urea groups is 1. The van der Waals surface area contributed by atoms with Crippen molar-refractivity contribution in [2.24, 2.45) is 0 Å². The molecule has 1 aromatic carbocycles. The molecule has 0 bridgehead atoms. The fraction of sp³-hybridized carbons (Fsp3) is 0.429. The predicted molar refractivity (Wildman–Crippen MR) is 79.0 cm³/mol. The number of hydrogen-bond acceptors (Lipinski definition) is 3. The van der Waals surface area contributed by atoms with E-state index in [-0.39, 0.29) is 22.7 Å². The number of carboxylic acid groups (broad SMARTS) is 1. The van der Waals surface area contributed by atoms with Crippen LogP contribution in [0.4, 0.5) is 10.5 Å². The van der Waals surface area contributed by atoms with E-state index < -0.39 is 12.0 Å². The lowest BCUT2D eigenvalue weighted by atomic mass is 10.2. The molecule has 0 saturated heterocycles. The Morgan fingerprint density at radius 2 is 2.10 bits per heavy atom. The number of methoxy groups -OCH3 is 1. The number of benzene rings is 1. The number of carboxylic acids is 1. The molecule has 2 amide bonds. The zero-order valence-electron chi connectivity index (χ0n) is 11.6. The van der Waals surface area contributed by atoms with Crippen molar-refractivity contribution in [3.63, 3.8) is 0 Å². The van der Waals surface area contributed by atoms with E-state index in [1.165, 1.54) is 18.2 Å². The van der Waals surface area contributed by atoms with E-state index in [4.69, 9.17) is 21.4 Å². The van der Waals surface area contributed by atoms with Gasteiger partial charge in [0, 0.05) is 17.8 Å². The average molecular weight is 313 g/mol. The lowest BCUT2D eigenvalue weighted by molar-refractivity contribution is 0.0697. The second-order valence-electron chi connectivity index (χ2n) is 4.94. The predicted octanol–water partition coefficient (Wildman–Crippen LogP) is 2.73. The van der Waals surface area contributed by atoms with Gasteiger partial charge in [0.1, 0.15) is 0 Å². The molecule has 114 valence electrons. The molecule has 1 aliphatic carbocycles. The van der Waals surface area contributed by atoms with Gasteiger partial charge in [0.15, 0.2) is 0 Å². The summed E-state index contributed by atoms with van der Waals surface area (Å²) in [5.41, 5.74) is 0.359. The second kappa shape index (κ2) is 6.78. The van der Waals surface area contributed by atoms with Gasteiger partial charge in [-0.3, -0.25) is 0 Å². The van der Waals surface area contributed by atoms with Gasteiger partial charge in [0.25, 0.3) is 0 Å². The van der Waals surface area contributed by atoms with Gasteiger partial charge in [-0.15, -0.1) is 0 Å². The van der Waals surface area contributed by atoms with E-state index in [9.17, 15) is 9.59 Å². The molecule has 21 heavy (non-hydrogen) atoms. The third-order valence-electron chi connectivity index (χ3n) is 3.47. The normalized spacial score (nSPS) is 21.0. The first-order valence-corrected chi connectivity index (χ1v) is 7.01. The van der Waals surface area contributed by atoms with Crippen LogP contribution in [0, 0.1) is 0 Å². The minimum absolute atomic E-state index is 0.0182. The first kappa shape index (κ1) is 15.6. The monoisotopic (exact) mass is 312 g/mol. The molecule has 7 heteroatoms. The Labute approximate surface area is 127 Å². The topological polar surface area (TPSA) is 87.7 Å². The Balaban J connectivity index is 2.01. The number of aromatic carboxylic acids is 1. The highest BCUT2D eigenvalue weighted by Gasteiger charge is 2.28. The van der Waals surface area contributed by atoms with Gasteiger partial charge < -0.3 is 20.5 Å². The Kier molecular flexibility index (Phi) is 5.03. The number of nitrogens with one attached hydrogen (secondary N) is 2. The SMILES string of the molecule is COC1CCCC1NC(=O)Nc1cc(Cl)cc(C(=O)O)c1. The van der Waals surface area contributed by atoms with Crippen molar-refractivity contribution in [3.8, 4) is 0 Å². The third-order valence-corrected chi connectivity index (χ3v) is 3.69. The van der Waals surface area contributed by atoms with Crippen molar-refractivity contribution < 1.29 is 19.4 Å². The summed E-state index contributed by atoms with van der Waals surface area (Å²) in [4.78, 5) is 22.9. The molecule has 2 rings (SSSR count). The minimum Gasteiger partial charge on any atom is -0.478 e. The number of rotatable bonds is 4. The van der Waals surface area contributed by atoms with E-state index >= 15 is 0 Å². The van der Waals surface area contributed by atoms with Crippen LogP contribution < -0.4 is 10.6 Å².